The molecule has 7 heteroatoms. The normalized spacial score (nSPS) is 12.7. The maximum absolute atomic E-state index is 13.0. The summed E-state index contributed by atoms with van der Waals surface area (Å²) in [7, 11) is 0. The van der Waals surface area contributed by atoms with Crippen molar-refractivity contribution in [2.24, 2.45) is 0 Å². The number of carbonyl (C=O) groups is 1. The minimum absolute atomic E-state index is 0.00362. The highest BCUT2D eigenvalue weighted by molar-refractivity contribution is 7.91. The van der Waals surface area contributed by atoms with E-state index in [9.17, 15) is 14.1 Å². The second-order valence-electron chi connectivity index (χ2n) is 6.05. The molecule has 1 unspecified atom stereocenters. The number of hydrogen-bond donors (Lipinski definition) is 1. The standard InChI is InChI=1S/C19H18O6S/c1-4-26(23)16-9-12(24-10(2)3)8-14-17(20)13-7-11(19(21)22)5-6-15(13)25-18(14)16/h5-10H,4H2,1-3H3,(H,21,22). The highest BCUT2D eigenvalue weighted by Gasteiger charge is 2.22. The van der Waals surface area contributed by atoms with E-state index < -0.39 is 17.1 Å². The summed E-state index contributed by atoms with van der Waals surface area (Å²) in [6, 6.07) is 7.27. The highest BCUT2D eigenvalue weighted by Crippen LogP contribution is 2.31. The molecule has 1 atom stereocenters. The van der Waals surface area contributed by atoms with Gasteiger partial charge in [-0.15, -0.1) is 0 Å². The lowest BCUT2D eigenvalue weighted by molar-refractivity contribution is 0.0697. The fraction of sp³-hybridized carbons (Fsp3) is 0.263. The van der Waals surface area contributed by atoms with Crippen molar-refractivity contribution in [3.8, 4) is 5.75 Å². The SMILES string of the molecule is CC[S+]([O-])c1cc(OC(C)C)cc2c(=O)c3cc(C(=O)O)ccc3oc12. The summed E-state index contributed by atoms with van der Waals surface area (Å²) in [6.07, 6.45) is -0.124. The highest BCUT2D eigenvalue weighted by atomic mass is 32.2. The van der Waals surface area contributed by atoms with Gasteiger partial charge in [-0.3, -0.25) is 4.79 Å². The molecule has 0 amide bonds. The average Bonchev–Trinajstić information content (AvgIpc) is 2.60. The Bertz CT molecular complexity index is 1050. The first-order valence-electron chi connectivity index (χ1n) is 8.14. The molecule has 3 rings (SSSR count). The van der Waals surface area contributed by atoms with Gasteiger partial charge in [0.05, 0.1) is 22.4 Å². The van der Waals surface area contributed by atoms with Crippen LogP contribution in [0.1, 0.15) is 31.1 Å². The van der Waals surface area contributed by atoms with Crippen LogP contribution in [0.2, 0.25) is 0 Å². The predicted octanol–water partition coefficient (Wildman–Crippen LogP) is 3.56. The number of rotatable bonds is 5. The number of benzene rings is 2. The summed E-state index contributed by atoms with van der Waals surface area (Å²) in [5, 5.41) is 9.52. The van der Waals surface area contributed by atoms with Crippen LogP contribution in [0.15, 0.2) is 44.4 Å². The van der Waals surface area contributed by atoms with Gasteiger partial charge in [0.15, 0.2) is 10.5 Å². The Kier molecular flexibility index (Phi) is 4.93. The number of hydrogen-bond acceptors (Lipinski definition) is 5. The molecule has 0 saturated carbocycles. The molecule has 3 aromatic rings. The van der Waals surface area contributed by atoms with Gasteiger partial charge in [-0.2, -0.15) is 0 Å². The van der Waals surface area contributed by atoms with E-state index in [-0.39, 0.29) is 39.0 Å². The predicted molar refractivity (Wildman–Crippen MR) is 99.7 cm³/mol. The van der Waals surface area contributed by atoms with Crippen molar-refractivity contribution in [1.82, 2.24) is 0 Å². The Morgan fingerprint density at radius 1 is 1.27 bits per heavy atom. The third-order valence-corrected chi connectivity index (χ3v) is 5.15. The van der Waals surface area contributed by atoms with Crippen LogP contribution in [0.25, 0.3) is 21.9 Å². The van der Waals surface area contributed by atoms with Crippen molar-refractivity contribution >= 4 is 39.1 Å². The molecular weight excluding hydrogens is 356 g/mol. The molecule has 26 heavy (non-hydrogen) atoms. The van der Waals surface area contributed by atoms with Crippen molar-refractivity contribution in [3.63, 3.8) is 0 Å². The fourth-order valence-electron chi connectivity index (χ4n) is 2.70. The molecule has 0 radical (unpaired) electrons. The molecule has 6 nitrogen and oxygen atoms in total. The van der Waals surface area contributed by atoms with Crippen molar-refractivity contribution in [3.05, 3.63) is 46.1 Å². The number of carboxylic acid groups (broad SMARTS) is 1. The first kappa shape index (κ1) is 18.3. The number of aromatic carboxylic acids is 1. The van der Waals surface area contributed by atoms with Gasteiger partial charge in [0.2, 0.25) is 5.43 Å². The van der Waals surface area contributed by atoms with Crippen LogP contribution in [0.4, 0.5) is 0 Å². The Morgan fingerprint density at radius 2 is 2.00 bits per heavy atom. The molecule has 0 bridgehead atoms. The number of carboxylic acids is 1. The molecule has 0 saturated heterocycles. The van der Waals surface area contributed by atoms with Gasteiger partial charge in [-0.05, 0) is 56.2 Å². The first-order chi connectivity index (χ1) is 12.3. The molecular formula is C19H18O6S. The molecule has 0 aliphatic carbocycles. The van der Waals surface area contributed by atoms with Gasteiger partial charge in [0.25, 0.3) is 0 Å². The van der Waals surface area contributed by atoms with Crippen LogP contribution >= 0.6 is 0 Å². The second-order valence-corrected chi connectivity index (χ2v) is 7.75. The zero-order valence-corrected chi connectivity index (χ0v) is 15.4. The lowest BCUT2D eigenvalue weighted by Crippen LogP contribution is -2.12. The summed E-state index contributed by atoms with van der Waals surface area (Å²) in [5.74, 6) is -0.346. The molecule has 2 aromatic carbocycles. The summed E-state index contributed by atoms with van der Waals surface area (Å²) in [5.41, 5.74) is 0.102. The molecule has 1 heterocycles. The van der Waals surface area contributed by atoms with Crippen molar-refractivity contribution in [1.29, 1.82) is 0 Å². The first-order valence-corrected chi connectivity index (χ1v) is 9.46. The zero-order chi connectivity index (χ0) is 19.0. The molecule has 0 aliphatic rings. The van der Waals surface area contributed by atoms with E-state index in [4.69, 9.17) is 14.3 Å². The van der Waals surface area contributed by atoms with Gasteiger partial charge in [-0.1, -0.05) is 0 Å². The van der Waals surface area contributed by atoms with Crippen molar-refractivity contribution < 1.29 is 23.6 Å². The van der Waals surface area contributed by atoms with E-state index in [2.05, 4.69) is 0 Å². The van der Waals surface area contributed by atoms with E-state index in [1.54, 1.807) is 19.1 Å². The Balaban J connectivity index is 2.39. The molecule has 0 spiro atoms. The molecule has 0 fully saturated rings. The minimum Gasteiger partial charge on any atom is -0.611 e. The van der Waals surface area contributed by atoms with Crippen LogP contribution in [-0.2, 0) is 11.2 Å². The summed E-state index contributed by atoms with van der Waals surface area (Å²) < 4.78 is 24.0. The van der Waals surface area contributed by atoms with Gasteiger partial charge >= 0.3 is 5.97 Å². The molecule has 1 N–H and O–H groups in total. The lowest BCUT2D eigenvalue weighted by Gasteiger charge is -2.14. The van der Waals surface area contributed by atoms with Crippen LogP contribution < -0.4 is 10.2 Å². The summed E-state index contributed by atoms with van der Waals surface area (Å²) >= 11 is -1.36. The van der Waals surface area contributed by atoms with Gasteiger partial charge in [0.1, 0.15) is 17.1 Å². The summed E-state index contributed by atoms with van der Waals surface area (Å²) in [4.78, 5) is 24.5. The molecule has 0 aliphatic heterocycles. The Hall–Kier alpha value is -2.51. The van der Waals surface area contributed by atoms with Crippen molar-refractivity contribution in [2.45, 2.75) is 31.8 Å². The number of ether oxygens (including phenoxy) is 1. The maximum atomic E-state index is 13.0. The third kappa shape index (κ3) is 3.27. The zero-order valence-electron chi connectivity index (χ0n) is 14.6. The lowest BCUT2D eigenvalue weighted by atomic mass is 10.1. The fourth-order valence-corrected chi connectivity index (χ4v) is 3.62. The smallest absolute Gasteiger partial charge is 0.335 e. The van der Waals surface area contributed by atoms with Crippen LogP contribution in [0, 0.1) is 0 Å². The van der Waals surface area contributed by atoms with Gasteiger partial charge in [-0.25, -0.2) is 4.79 Å². The van der Waals surface area contributed by atoms with Crippen LogP contribution in [0.3, 0.4) is 0 Å². The van der Waals surface area contributed by atoms with E-state index in [1.807, 2.05) is 13.8 Å². The van der Waals surface area contributed by atoms with Crippen LogP contribution in [-0.4, -0.2) is 27.5 Å². The average molecular weight is 374 g/mol. The van der Waals surface area contributed by atoms with Crippen LogP contribution in [0.5, 0.6) is 5.75 Å². The Morgan fingerprint density at radius 3 is 2.62 bits per heavy atom. The second kappa shape index (κ2) is 7.01. The van der Waals surface area contributed by atoms with Gasteiger partial charge < -0.3 is 18.8 Å². The Labute approximate surface area is 152 Å². The van der Waals surface area contributed by atoms with E-state index in [1.165, 1.54) is 18.2 Å². The number of fused-ring (bicyclic) bond motifs is 2. The van der Waals surface area contributed by atoms with E-state index in [0.29, 0.717) is 16.4 Å². The topological polar surface area (TPSA) is 99.8 Å². The largest absolute Gasteiger partial charge is 0.611 e. The van der Waals surface area contributed by atoms with Crippen molar-refractivity contribution in [2.75, 3.05) is 5.75 Å². The third-order valence-electron chi connectivity index (χ3n) is 3.84. The van der Waals surface area contributed by atoms with E-state index >= 15 is 0 Å². The molecule has 136 valence electrons. The molecule has 1 aromatic heterocycles. The maximum Gasteiger partial charge on any atom is 0.335 e. The van der Waals surface area contributed by atoms with Gasteiger partial charge in [0, 0.05) is 6.07 Å². The van der Waals surface area contributed by atoms with E-state index in [0.717, 1.165) is 0 Å². The monoisotopic (exact) mass is 374 g/mol. The minimum atomic E-state index is -1.36. The summed E-state index contributed by atoms with van der Waals surface area (Å²) in [6.45, 7) is 5.47. The quantitative estimate of drug-likeness (QED) is 0.541.